The van der Waals surface area contributed by atoms with Gasteiger partial charge in [0.25, 0.3) is 5.91 Å². The summed E-state index contributed by atoms with van der Waals surface area (Å²) in [4.78, 5) is 28.5. The highest BCUT2D eigenvalue weighted by molar-refractivity contribution is 7.15. The van der Waals surface area contributed by atoms with Crippen LogP contribution in [0.15, 0.2) is 39.5 Å². The molecular formula is C22H15Cl2N3O3S. The fraction of sp³-hybridized carbons (Fsp3) is 0.182. The Kier molecular flexibility index (Phi) is 4.66. The van der Waals surface area contributed by atoms with Gasteiger partial charge in [0.05, 0.1) is 27.0 Å². The maximum absolute atomic E-state index is 13.6. The number of amides is 1. The van der Waals surface area contributed by atoms with Crippen LogP contribution in [-0.2, 0) is 0 Å². The van der Waals surface area contributed by atoms with Crippen LogP contribution >= 0.6 is 34.5 Å². The molecule has 0 bridgehead atoms. The van der Waals surface area contributed by atoms with E-state index >= 15 is 0 Å². The Bertz CT molecular complexity index is 1460. The Labute approximate surface area is 191 Å². The molecule has 1 aliphatic rings. The highest BCUT2D eigenvalue weighted by Crippen LogP contribution is 2.43. The molecule has 0 aliphatic carbocycles. The van der Waals surface area contributed by atoms with Gasteiger partial charge in [-0.25, -0.2) is 0 Å². The normalized spacial score (nSPS) is 15.7. The standard InChI is InChI=1S/C22H15Cl2N3O3S/c1-9-6-13-16(7-10(9)2)30-20-17(19(13)28)18(12-4-5-14(23)15(24)8-12)27(21(20)29)22-26-25-11(3)31-22/h4-8,18H,1-3H3. The van der Waals surface area contributed by atoms with Gasteiger partial charge in [-0.15, -0.1) is 10.2 Å². The Morgan fingerprint density at radius 3 is 2.42 bits per heavy atom. The molecule has 1 atom stereocenters. The van der Waals surface area contributed by atoms with E-state index in [1.165, 1.54) is 16.2 Å². The summed E-state index contributed by atoms with van der Waals surface area (Å²) in [7, 11) is 0. The predicted octanol–water partition coefficient (Wildman–Crippen LogP) is 5.63. The summed E-state index contributed by atoms with van der Waals surface area (Å²) in [5.41, 5.74) is 2.94. The zero-order chi connectivity index (χ0) is 22.0. The second kappa shape index (κ2) is 7.15. The zero-order valence-corrected chi connectivity index (χ0v) is 19.0. The van der Waals surface area contributed by atoms with Gasteiger partial charge in [0.2, 0.25) is 10.9 Å². The first-order valence-electron chi connectivity index (χ1n) is 9.43. The van der Waals surface area contributed by atoms with Crippen LogP contribution in [0.5, 0.6) is 0 Å². The summed E-state index contributed by atoms with van der Waals surface area (Å²) in [6.45, 7) is 5.66. The lowest BCUT2D eigenvalue weighted by Gasteiger charge is -2.22. The van der Waals surface area contributed by atoms with Crippen molar-refractivity contribution in [2.45, 2.75) is 26.8 Å². The number of benzene rings is 2. The van der Waals surface area contributed by atoms with E-state index in [1.54, 1.807) is 37.3 Å². The number of carbonyl (C=O) groups is 1. The van der Waals surface area contributed by atoms with Crippen LogP contribution in [0.25, 0.3) is 11.0 Å². The van der Waals surface area contributed by atoms with Crippen molar-refractivity contribution in [2.24, 2.45) is 0 Å². The molecule has 31 heavy (non-hydrogen) atoms. The van der Waals surface area contributed by atoms with Gasteiger partial charge in [0.15, 0.2) is 5.43 Å². The van der Waals surface area contributed by atoms with E-state index in [9.17, 15) is 9.59 Å². The summed E-state index contributed by atoms with van der Waals surface area (Å²) in [5, 5.41) is 10.4. The predicted molar refractivity (Wildman–Crippen MR) is 122 cm³/mol. The maximum atomic E-state index is 13.6. The van der Waals surface area contributed by atoms with Crippen LogP contribution in [0.3, 0.4) is 0 Å². The van der Waals surface area contributed by atoms with Crippen molar-refractivity contribution < 1.29 is 9.21 Å². The van der Waals surface area contributed by atoms with E-state index in [2.05, 4.69) is 10.2 Å². The summed E-state index contributed by atoms with van der Waals surface area (Å²) in [6.07, 6.45) is 0. The molecule has 0 spiro atoms. The van der Waals surface area contributed by atoms with Gasteiger partial charge in [-0.1, -0.05) is 40.6 Å². The average Bonchev–Trinajstić information content (AvgIpc) is 3.27. The third-order valence-corrected chi connectivity index (χ3v) is 7.04. The van der Waals surface area contributed by atoms with E-state index < -0.39 is 11.9 Å². The average molecular weight is 472 g/mol. The molecule has 0 radical (unpaired) electrons. The molecule has 2 aromatic carbocycles. The molecule has 0 saturated carbocycles. The molecule has 1 aliphatic heterocycles. The molecular weight excluding hydrogens is 457 g/mol. The quantitative estimate of drug-likeness (QED) is 0.378. The molecule has 6 nitrogen and oxygen atoms in total. The van der Waals surface area contributed by atoms with Crippen LogP contribution in [0.2, 0.25) is 10.0 Å². The first-order chi connectivity index (χ1) is 14.8. The molecule has 0 N–H and O–H groups in total. The van der Waals surface area contributed by atoms with Crippen molar-refractivity contribution in [1.29, 1.82) is 0 Å². The first-order valence-corrected chi connectivity index (χ1v) is 11.0. The number of anilines is 1. The second-order valence-corrected chi connectivity index (χ2v) is 9.44. The van der Waals surface area contributed by atoms with Gasteiger partial charge in [0.1, 0.15) is 10.6 Å². The number of rotatable bonds is 2. The van der Waals surface area contributed by atoms with E-state index in [0.717, 1.165) is 11.1 Å². The zero-order valence-electron chi connectivity index (χ0n) is 16.7. The summed E-state index contributed by atoms with van der Waals surface area (Å²) >= 11 is 13.6. The van der Waals surface area contributed by atoms with Gasteiger partial charge in [0, 0.05) is 0 Å². The molecule has 1 amide bonds. The highest BCUT2D eigenvalue weighted by Gasteiger charge is 2.45. The van der Waals surface area contributed by atoms with E-state index in [4.69, 9.17) is 27.6 Å². The number of carbonyl (C=O) groups excluding carboxylic acids is 1. The lowest BCUT2D eigenvalue weighted by molar-refractivity contribution is 0.0970. The molecule has 0 fully saturated rings. The van der Waals surface area contributed by atoms with Crippen LogP contribution < -0.4 is 10.3 Å². The number of hydrogen-bond donors (Lipinski definition) is 0. The minimum Gasteiger partial charge on any atom is -0.450 e. The largest absolute Gasteiger partial charge is 0.450 e. The third-order valence-electron chi connectivity index (χ3n) is 5.47. The second-order valence-electron chi connectivity index (χ2n) is 7.46. The molecule has 5 rings (SSSR count). The van der Waals surface area contributed by atoms with Crippen molar-refractivity contribution in [1.82, 2.24) is 10.2 Å². The number of halogens is 2. The fourth-order valence-corrected chi connectivity index (χ4v) is 4.83. The molecule has 2 aromatic heterocycles. The van der Waals surface area contributed by atoms with Crippen molar-refractivity contribution >= 4 is 56.5 Å². The molecule has 156 valence electrons. The van der Waals surface area contributed by atoms with E-state index in [1.807, 2.05) is 13.8 Å². The van der Waals surface area contributed by atoms with Crippen molar-refractivity contribution in [2.75, 3.05) is 4.90 Å². The third kappa shape index (κ3) is 3.07. The highest BCUT2D eigenvalue weighted by atomic mass is 35.5. The van der Waals surface area contributed by atoms with E-state index in [0.29, 0.717) is 36.7 Å². The van der Waals surface area contributed by atoms with E-state index in [-0.39, 0.29) is 16.8 Å². The molecule has 1 unspecified atom stereocenters. The Hall–Kier alpha value is -2.74. The van der Waals surface area contributed by atoms with Gasteiger partial charge in [-0.3, -0.25) is 14.5 Å². The topological polar surface area (TPSA) is 76.3 Å². The number of fused-ring (bicyclic) bond motifs is 2. The van der Waals surface area contributed by atoms with Crippen LogP contribution in [-0.4, -0.2) is 16.1 Å². The minimum absolute atomic E-state index is 0.00433. The Balaban J connectivity index is 1.84. The van der Waals surface area contributed by atoms with Gasteiger partial charge < -0.3 is 4.42 Å². The van der Waals surface area contributed by atoms with Crippen molar-refractivity contribution in [3.8, 4) is 0 Å². The van der Waals surface area contributed by atoms with Gasteiger partial charge in [-0.2, -0.15) is 0 Å². The summed E-state index contributed by atoms with van der Waals surface area (Å²) in [5.74, 6) is -0.441. The van der Waals surface area contributed by atoms with Gasteiger partial charge in [-0.05, 0) is 61.7 Å². The lowest BCUT2D eigenvalue weighted by Crippen LogP contribution is -2.29. The van der Waals surface area contributed by atoms with Gasteiger partial charge >= 0.3 is 0 Å². The Morgan fingerprint density at radius 2 is 1.74 bits per heavy atom. The first kappa shape index (κ1) is 20.2. The lowest BCUT2D eigenvalue weighted by atomic mass is 9.97. The molecule has 3 heterocycles. The van der Waals surface area contributed by atoms with Crippen molar-refractivity contribution in [3.05, 3.63) is 83.6 Å². The van der Waals surface area contributed by atoms with Crippen LogP contribution in [0, 0.1) is 20.8 Å². The maximum Gasteiger partial charge on any atom is 0.297 e. The SMILES string of the molecule is Cc1nnc(N2C(=O)c3oc4cc(C)c(C)cc4c(=O)c3C2c2ccc(Cl)c(Cl)c2)s1. The number of hydrogen-bond acceptors (Lipinski definition) is 6. The molecule has 0 saturated heterocycles. The monoisotopic (exact) mass is 471 g/mol. The molecule has 4 aromatic rings. The number of aromatic nitrogens is 2. The number of aryl methyl sites for hydroxylation is 3. The smallest absolute Gasteiger partial charge is 0.297 e. The summed E-state index contributed by atoms with van der Waals surface area (Å²) < 4.78 is 6.00. The fourth-order valence-electron chi connectivity index (χ4n) is 3.81. The Morgan fingerprint density at radius 1 is 1.00 bits per heavy atom. The van der Waals surface area contributed by atoms with Crippen LogP contribution in [0.4, 0.5) is 5.13 Å². The molecule has 9 heteroatoms. The summed E-state index contributed by atoms with van der Waals surface area (Å²) in [6, 6.07) is 7.86. The number of nitrogens with zero attached hydrogens (tertiary/aromatic N) is 3. The van der Waals surface area contributed by atoms with Crippen LogP contribution in [0.1, 0.15) is 43.9 Å². The minimum atomic E-state index is -0.758. The van der Waals surface area contributed by atoms with Crippen molar-refractivity contribution in [3.63, 3.8) is 0 Å².